The topological polar surface area (TPSA) is 67.8 Å². The summed E-state index contributed by atoms with van der Waals surface area (Å²) in [7, 11) is 0. The van der Waals surface area contributed by atoms with Crippen LogP contribution in [-0.2, 0) is 4.79 Å². The summed E-state index contributed by atoms with van der Waals surface area (Å²) < 4.78 is 5.32. The monoisotopic (exact) mass is 296 g/mol. The van der Waals surface area contributed by atoms with E-state index in [4.69, 9.17) is 4.74 Å². The molecule has 0 fully saturated rings. The highest BCUT2D eigenvalue weighted by molar-refractivity contribution is 6.35. The Balaban J connectivity index is 1.78. The fourth-order valence-corrected chi connectivity index (χ4v) is 1.73. The number of hydrogen-bond donors (Lipinski definition) is 1. The molecule has 1 amide bonds. The van der Waals surface area contributed by atoms with E-state index in [1.54, 1.807) is 30.3 Å². The minimum Gasteiger partial charge on any atom is -0.484 e. The number of nitrogens with zero attached hydrogens (tertiary/aromatic N) is 1. The van der Waals surface area contributed by atoms with Gasteiger partial charge in [0.1, 0.15) is 5.75 Å². The average Bonchev–Trinajstić information content (AvgIpc) is 2.54. The van der Waals surface area contributed by atoms with Crippen LogP contribution in [0.25, 0.3) is 0 Å². The third-order valence-corrected chi connectivity index (χ3v) is 2.79. The maximum Gasteiger partial charge on any atom is 0.277 e. The predicted molar refractivity (Wildman–Crippen MR) is 84.1 cm³/mol. The van der Waals surface area contributed by atoms with Crippen LogP contribution in [0.3, 0.4) is 0 Å². The zero-order chi connectivity index (χ0) is 15.8. The molecular formula is C17H16N2O3. The van der Waals surface area contributed by atoms with Gasteiger partial charge in [0.25, 0.3) is 5.91 Å². The second-order valence-corrected chi connectivity index (χ2v) is 4.63. The highest BCUT2D eigenvalue weighted by atomic mass is 16.5. The smallest absolute Gasteiger partial charge is 0.277 e. The largest absolute Gasteiger partial charge is 0.484 e. The van der Waals surface area contributed by atoms with Crippen molar-refractivity contribution < 1.29 is 14.3 Å². The first kappa shape index (κ1) is 15.4. The molecule has 0 aliphatic heterocycles. The van der Waals surface area contributed by atoms with Crippen molar-refractivity contribution in [3.8, 4) is 5.75 Å². The Bertz CT molecular complexity index is 681. The summed E-state index contributed by atoms with van der Waals surface area (Å²) in [6, 6.07) is 16.1. The Morgan fingerprint density at radius 3 is 2.64 bits per heavy atom. The minimum absolute atomic E-state index is 0.166. The molecule has 22 heavy (non-hydrogen) atoms. The Labute approximate surface area is 128 Å². The molecule has 5 nitrogen and oxygen atoms in total. The van der Waals surface area contributed by atoms with Crippen LogP contribution >= 0.6 is 0 Å². The van der Waals surface area contributed by atoms with E-state index < -0.39 is 5.91 Å². The second kappa shape index (κ2) is 7.73. The molecule has 0 atom stereocenters. The number of benzene rings is 2. The van der Waals surface area contributed by atoms with Gasteiger partial charge in [-0.15, -0.1) is 0 Å². The molecule has 0 aliphatic rings. The van der Waals surface area contributed by atoms with E-state index in [1.165, 1.54) is 0 Å². The first-order valence-corrected chi connectivity index (χ1v) is 6.76. The minimum atomic E-state index is -0.432. The number of Topliss-reactive ketones (excluding diaryl/α,β-unsaturated/α-hetero) is 1. The summed E-state index contributed by atoms with van der Waals surface area (Å²) in [5.74, 6) is -0.0985. The quantitative estimate of drug-likeness (QED) is 0.505. The number of nitrogens with one attached hydrogen (secondary N) is 1. The van der Waals surface area contributed by atoms with E-state index in [-0.39, 0.29) is 12.4 Å². The van der Waals surface area contributed by atoms with E-state index in [0.29, 0.717) is 11.3 Å². The summed E-state index contributed by atoms with van der Waals surface area (Å²) >= 11 is 0. The summed E-state index contributed by atoms with van der Waals surface area (Å²) in [5, 5.41) is 3.62. The molecule has 112 valence electrons. The highest BCUT2D eigenvalue weighted by Gasteiger charge is 2.03. The molecule has 0 aromatic heterocycles. The zero-order valence-electron chi connectivity index (χ0n) is 12.2. The van der Waals surface area contributed by atoms with E-state index in [9.17, 15) is 9.59 Å². The first-order chi connectivity index (χ1) is 10.6. The number of ketones is 1. The Hall–Kier alpha value is -2.95. The van der Waals surface area contributed by atoms with Crippen LogP contribution in [-0.4, -0.2) is 24.5 Å². The van der Waals surface area contributed by atoms with E-state index in [0.717, 1.165) is 11.8 Å². The number of rotatable bonds is 6. The fourth-order valence-electron chi connectivity index (χ4n) is 1.73. The van der Waals surface area contributed by atoms with Gasteiger partial charge in [-0.3, -0.25) is 9.59 Å². The molecule has 0 saturated heterocycles. The van der Waals surface area contributed by atoms with Gasteiger partial charge in [-0.25, -0.2) is 5.43 Å². The van der Waals surface area contributed by atoms with Crippen LogP contribution in [0, 0.1) is 6.92 Å². The van der Waals surface area contributed by atoms with Crippen LogP contribution in [0.1, 0.15) is 15.9 Å². The maximum atomic E-state index is 11.7. The van der Waals surface area contributed by atoms with Crippen molar-refractivity contribution in [1.82, 2.24) is 5.43 Å². The van der Waals surface area contributed by atoms with Gasteiger partial charge in [0.15, 0.2) is 6.61 Å². The van der Waals surface area contributed by atoms with Crippen LogP contribution in [0.2, 0.25) is 0 Å². The molecule has 0 saturated carbocycles. The SMILES string of the molecule is Cc1cccc(OCC(=O)N/N=C\C(=O)c2ccccc2)c1. The lowest BCUT2D eigenvalue weighted by atomic mass is 10.1. The molecule has 0 unspecified atom stereocenters. The van der Waals surface area contributed by atoms with Gasteiger partial charge in [-0.05, 0) is 24.6 Å². The fraction of sp³-hybridized carbons (Fsp3) is 0.118. The van der Waals surface area contributed by atoms with Gasteiger partial charge in [0.05, 0.1) is 6.21 Å². The number of carbonyl (C=O) groups excluding carboxylic acids is 2. The number of carbonyl (C=O) groups is 2. The van der Waals surface area contributed by atoms with E-state index in [1.807, 2.05) is 31.2 Å². The normalized spacial score (nSPS) is 10.4. The van der Waals surface area contributed by atoms with Crippen molar-refractivity contribution in [2.24, 2.45) is 5.10 Å². The number of ether oxygens (including phenoxy) is 1. The number of aryl methyl sites for hydroxylation is 1. The average molecular weight is 296 g/mol. The first-order valence-electron chi connectivity index (χ1n) is 6.76. The standard InChI is InChI=1S/C17H16N2O3/c1-13-6-5-9-15(10-13)22-12-17(21)19-18-11-16(20)14-7-3-2-4-8-14/h2-11H,12H2,1H3,(H,19,21)/b18-11-. The Morgan fingerprint density at radius 1 is 1.14 bits per heavy atom. The number of amides is 1. The van der Waals surface area contributed by atoms with Crippen LogP contribution < -0.4 is 10.2 Å². The molecule has 2 rings (SSSR count). The lowest BCUT2D eigenvalue weighted by molar-refractivity contribution is -0.123. The van der Waals surface area contributed by atoms with Gasteiger partial charge in [0, 0.05) is 5.56 Å². The summed E-state index contributed by atoms with van der Waals surface area (Å²) in [5.41, 5.74) is 3.81. The Morgan fingerprint density at radius 2 is 1.91 bits per heavy atom. The van der Waals surface area contributed by atoms with Crippen molar-refractivity contribution in [3.63, 3.8) is 0 Å². The van der Waals surface area contributed by atoms with Gasteiger partial charge in [0.2, 0.25) is 5.78 Å². The maximum absolute atomic E-state index is 11.7. The van der Waals surface area contributed by atoms with Gasteiger partial charge in [-0.1, -0.05) is 42.5 Å². The number of hydrazone groups is 1. The van der Waals surface area contributed by atoms with E-state index >= 15 is 0 Å². The lowest BCUT2D eigenvalue weighted by Crippen LogP contribution is -2.25. The molecule has 0 spiro atoms. The molecule has 0 aliphatic carbocycles. The predicted octanol–water partition coefficient (Wildman–Crippen LogP) is 2.36. The molecule has 0 radical (unpaired) electrons. The van der Waals surface area contributed by atoms with Crippen molar-refractivity contribution in [1.29, 1.82) is 0 Å². The highest BCUT2D eigenvalue weighted by Crippen LogP contribution is 2.11. The van der Waals surface area contributed by atoms with Gasteiger partial charge >= 0.3 is 0 Å². The third kappa shape index (κ3) is 4.86. The molecular weight excluding hydrogens is 280 g/mol. The molecule has 0 bridgehead atoms. The summed E-state index contributed by atoms with van der Waals surface area (Å²) in [4.78, 5) is 23.3. The van der Waals surface area contributed by atoms with Crippen molar-refractivity contribution in [3.05, 3.63) is 65.7 Å². The zero-order valence-corrected chi connectivity index (χ0v) is 12.2. The molecule has 2 aromatic rings. The Kier molecular flexibility index (Phi) is 5.43. The second-order valence-electron chi connectivity index (χ2n) is 4.63. The van der Waals surface area contributed by atoms with Crippen molar-refractivity contribution in [2.45, 2.75) is 6.92 Å². The summed E-state index contributed by atoms with van der Waals surface area (Å²) in [6.07, 6.45) is 1.07. The number of hydrogen-bond acceptors (Lipinski definition) is 4. The van der Waals surface area contributed by atoms with Crippen LogP contribution in [0.15, 0.2) is 59.7 Å². The van der Waals surface area contributed by atoms with Gasteiger partial charge < -0.3 is 4.74 Å². The van der Waals surface area contributed by atoms with Crippen LogP contribution in [0.4, 0.5) is 0 Å². The van der Waals surface area contributed by atoms with Crippen molar-refractivity contribution >= 4 is 17.9 Å². The van der Waals surface area contributed by atoms with Gasteiger partial charge in [-0.2, -0.15) is 5.10 Å². The summed E-state index contributed by atoms with van der Waals surface area (Å²) in [6.45, 7) is 1.77. The third-order valence-electron chi connectivity index (χ3n) is 2.79. The molecule has 0 heterocycles. The molecule has 1 N–H and O–H groups in total. The molecule has 5 heteroatoms. The molecule has 2 aromatic carbocycles. The lowest BCUT2D eigenvalue weighted by Gasteiger charge is -2.05. The van der Waals surface area contributed by atoms with Crippen LogP contribution in [0.5, 0.6) is 5.75 Å². The van der Waals surface area contributed by atoms with Crippen molar-refractivity contribution in [2.75, 3.05) is 6.61 Å². The van der Waals surface area contributed by atoms with E-state index in [2.05, 4.69) is 10.5 Å².